The Bertz CT molecular complexity index is 1190. The predicted octanol–water partition coefficient (Wildman–Crippen LogP) is 2.07. The van der Waals surface area contributed by atoms with E-state index in [4.69, 9.17) is 0 Å². The van der Waals surface area contributed by atoms with Gasteiger partial charge in [-0.2, -0.15) is 17.6 Å². The molecule has 3 aromatic rings. The first-order valence-electron chi connectivity index (χ1n) is 9.42. The lowest BCUT2D eigenvalue weighted by Crippen LogP contribution is -2.49. The third-order valence-electron chi connectivity index (χ3n) is 5.06. The molecule has 0 amide bonds. The number of hydrogen-bond acceptors (Lipinski definition) is 8. The molecule has 1 N–H and O–H groups in total. The molecule has 1 fully saturated rings. The first-order valence-corrected chi connectivity index (χ1v) is 12.1. The van der Waals surface area contributed by atoms with Crippen molar-refractivity contribution < 1.29 is 27.0 Å². The Balaban J connectivity index is 1.74. The summed E-state index contributed by atoms with van der Waals surface area (Å²) < 4.78 is 56.5. The molecule has 1 aliphatic rings. The van der Waals surface area contributed by atoms with Gasteiger partial charge in [-0.1, -0.05) is 23.5 Å². The Labute approximate surface area is 181 Å². The Morgan fingerprint density at radius 3 is 2.55 bits per heavy atom. The molecule has 0 aliphatic carbocycles. The first kappa shape index (κ1) is 21.9. The Morgan fingerprint density at radius 1 is 1.23 bits per heavy atom. The van der Waals surface area contributed by atoms with Gasteiger partial charge in [-0.05, 0) is 24.6 Å². The minimum atomic E-state index is -3.32. The van der Waals surface area contributed by atoms with Gasteiger partial charge in [-0.15, -0.1) is 5.10 Å². The second kappa shape index (κ2) is 8.30. The molecular weight excluding hydrogens is 452 g/mol. The maximum atomic E-state index is 12.7. The van der Waals surface area contributed by atoms with Crippen LogP contribution in [-0.4, -0.2) is 76.4 Å². The summed E-state index contributed by atoms with van der Waals surface area (Å²) in [5.74, 6) is 0.428. The van der Waals surface area contributed by atoms with Gasteiger partial charge in [-0.3, -0.25) is 4.90 Å². The van der Waals surface area contributed by atoms with E-state index in [0.29, 0.717) is 34.3 Å². The Kier molecular flexibility index (Phi) is 5.85. The molecule has 9 nitrogen and oxygen atoms in total. The van der Waals surface area contributed by atoms with E-state index in [1.165, 1.54) is 38.5 Å². The number of hydrogen-bond donors (Lipinski definition) is 1. The number of benzene rings is 1. The molecule has 2 aromatic heterocycles. The Morgan fingerprint density at radius 2 is 1.94 bits per heavy atom. The Hall–Kier alpha value is -2.35. The molecule has 13 heteroatoms. The minimum Gasteiger partial charge on any atom is -0.492 e. The van der Waals surface area contributed by atoms with Gasteiger partial charge in [0.1, 0.15) is 11.6 Å². The molecule has 1 aromatic carbocycles. The van der Waals surface area contributed by atoms with E-state index in [0.717, 1.165) is 0 Å². The fourth-order valence-corrected chi connectivity index (χ4v) is 5.70. The van der Waals surface area contributed by atoms with Gasteiger partial charge in [0.05, 0.1) is 17.2 Å². The smallest absolute Gasteiger partial charge is 0.387 e. The zero-order chi connectivity index (χ0) is 22.3. The van der Waals surface area contributed by atoms with Crippen LogP contribution in [-0.2, 0) is 10.0 Å². The van der Waals surface area contributed by atoms with E-state index in [1.54, 1.807) is 19.1 Å². The molecule has 1 saturated heterocycles. The highest BCUT2D eigenvalue weighted by Crippen LogP contribution is 2.41. The van der Waals surface area contributed by atoms with E-state index < -0.39 is 22.7 Å². The highest BCUT2D eigenvalue weighted by molar-refractivity contribution is 7.88. The second-order valence-corrected chi connectivity index (χ2v) is 10.2. The van der Waals surface area contributed by atoms with E-state index in [2.05, 4.69) is 14.8 Å². The van der Waals surface area contributed by atoms with Crippen molar-refractivity contribution in [2.24, 2.45) is 0 Å². The fourth-order valence-electron chi connectivity index (χ4n) is 3.71. The lowest BCUT2D eigenvalue weighted by Gasteiger charge is -2.38. The summed E-state index contributed by atoms with van der Waals surface area (Å²) in [5, 5.41) is 15.0. The summed E-state index contributed by atoms with van der Waals surface area (Å²) in [7, 11) is -3.32. The van der Waals surface area contributed by atoms with Crippen molar-refractivity contribution in [3.8, 4) is 11.6 Å². The second-order valence-electron chi connectivity index (χ2n) is 7.19. The monoisotopic (exact) mass is 473 g/mol. The zero-order valence-electron chi connectivity index (χ0n) is 16.8. The summed E-state index contributed by atoms with van der Waals surface area (Å²) in [5.41, 5.74) is 0.627. The zero-order valence-corrected chi connectivity index (χ0v) is 18.4. The lowest BCUT2D eigenvalue weighted by atomic mass is 10.0. The topological polar surface area (TPSA) is 100 Å². The van der Waals surface area contributed by atoms with Crippen LogP contribution >= 0.6 is 11.3 Å². The molecule has 0 radical (unpaired) electrons. The van der Waals surface area contributed by atoms with Gasteiger partial charge in [0, 0.05) is 26.2 Å². The van der Waals surface area contributed by atoms with Crippen LogP contribution in [0.3, 0.4) is 0 Å². The normalized spacial score (nSPS) is 17.5. The average Bonchev–Trinajstić information content (AvgIpc) is 3.19. The largest absolute Gasteiger partial charge is 0.492 e. The molecule has 0 unspecified atom stereocenters. The summed E-state index contributed by atoms with van der Waals surface area (Å²) in [6.07, 6.45) is 1.17. The van der Waals surface area contributed by atoms with Crippen LogP contribution in [0.1, 0.15) is 22.3 Å². The van der Waals surface area contributed by atoms with E-state index in [-0.39, 0.29) is 24.7 Å². The van der Waals surface area contributed by atoms with Gasteiger partial charge in [0.15, 0.2) is 0 Å². The number of aryl methyl sites for hydroxylation is 1. The fraction of sp³-hybridized carbons (Fsp3) is 0.444. The number of piperazine rings is 1. The molecule has 1 atom stereocenters. The van der Waals surface area contributed by atoms with Crippen molar-refractivity contribution >= 4 is 26.3 Å². The van der Waals surface area contributed by atoms with Crippen molar-refractivity contribution in [2.75, 3.05) is 32.4 Å². The van der Waals surface area contributed by atoms with Gasteiger partial charge in [0.25, 0.3) is 0 Å². The predicted molar refractivity (Wildman–Crippen MR) is 110 cm³/mol. The van der Waals surface area contributed by atoms with Crippen LogP contribution in [0.4, 0.5) is 8.78 Å². The number of thiazole rings is 1. The summed E-state index contributed by atoms with van der Waals surface area (Å²) >= 11 is 1.24. The maximum Gasteiger partial charge on any atom is 0.387 e. The molecule has 0 saturated carbocycles. The van der Waals surface area contributed by atoms with E-state index in [9.17, 15) is 22.3 Å². The molecule has 0 bridgehead atoms. The van der Waals surface area contributed by atoms with Crippen molar-refractivity contribution in [1.82, 2.24) is 23.8 Å². The molecule has 3 heterocycles. The number of aromatic nitrogens is 3. The number of ether oxygens (including phenoxy) is 1. The van der Waals surface area contributed by atoms with Crippen LogP contribution in [0.2, 0.25) is 0 Å². The molecule has 4 rings (SSSR count). The maximum absolute atomic E-state index is 12.7. The summed E-state index contributed by atoms with van der Waals surface area (Å²) in [6, 6.07) is 5.77. The SMILES string of the molecule is Cc1nc2sc([C@@H](c3cccc(OC(F)F)c3)N3CCN(S(C)(=O)=O)CC3)c(O)n2n1. The van der Waals surface area contributed by atoms with E-state index in [1.807, 2.05) is 4.90 Å². The van der Waals surface area contributed by atoms with Crippen LogP contribution in [0.25, 0.3) is 4.96 Å². The van der Waals surface area contributed by atoms with Crippen LogP contribution in [0.5, 0.6) is 11.6 Å². The number of halogens is 2. The standard InChI is InChI=1S/C18H21F2N5O4S2/c1-11-21-18-25(22-11)16(26)15(30-18)14(12-4-3-5-13(10-12)29-17(19)20)23-6-8-24(9-7-23)31(2,27)28/h3-5,10,14,17,26H,6-9H2,1-2H3/t14-/m1/s1. The quantitative estimate of drug-likeness (QED) is 0.585. The van der Waals surface area contributed by atoms with Crippen molar-refractivity contribution in [3.63, 3.8) is 0 Å². The average molecular weight is 474 g/mol. The highest BCUT2D eigenvalue weighted by atomic mass is 32.2. The number of nitrogens with zero attached hydrogens (tertiary/aromatic N) is 5. The number of alkyl halides is 2. The van der Waals surface area contributed by atoms with Crippen molar-refractivity contribution in [3.05, 3.63) is 40.5 Å². The number of rotatable bonds is 6. The van der Waals surface area contributed by atoms with Gasteiger partial charge >= 0.3 is 6.61 Å². The first-order chi connectivity index (χ1) is 14.6. The van der Waals surface area contributed by atoms with Gasteiger partial charge < -0.3 is 9.84 Å². The number of aromatic hydroxyl groups is 1. The third-order valence-corrected chi connectivity index (χ3v) is 7.44. The molecule has 1 aliphatic heterocycles. The van der Waals surface area contributed by atoms with Crippen molar-refractivity contribution in [2.45, 2.75) is 19.6 Å². The van der Waals surface area contributed by atoms with Gasteiger partial charge in [-0.25, -0.2) is 13.4 Å². The van der Waals surface area contributed by atoms with Crippen LogP contribution < -0.4 is 4.74 Å². The number of fused-ring (bicyclic) bond motifs is 1. The van der Waals surface area contributed by atoms with Crippen LogP contribution in [0.15, 0.2) is 24.3 Å². The van der Waals surface area contributed by atoms with E-state index >= 15 is 0 Å². The van der Waals surface area contributed by atoms with Crippen LogP contribution in [0, 0.1) is 6.92 Å². The lowest BCUT2D eigenvalue weighted by molar-refractivity contribution is -0.0499. The number of sulfonamides is 1. The molecule has 31 heavy (non-hydrogen) atoms. The molecular formula is C18H21F2N5O4S2. The van der Waals surface area contributed by atoms with Crippen molar-refractivity contribution in [1.29, 1.82) is 0 Å². The highest BCUT2D eigenvalue weighted by Gasteiger charge is 2.33. The minimum absolute atomic E-state index is 0.00191. The summed E-state index contributed by atoms with van der Waals surface area (Å²) in [6.45, 7) is 0.101. The third kappa shape index (κ3) is 4.49. The molecule has 0 spiro atoms. The summed E-state index contributed by atoms with van der Waals surface area (Å²) in [4.78, 5) is 7.34. The van der Waals surface area contributed by atoms with Gasteiger partial charge in [0.2, 0.25) is 20.9 Å². The molecule has 168 valence electrons.